The highest BCUT2D eigenvalue weighted by Crippen LogP contribution is 2.11. The first kappa shape index (κ1) is 14.0. The van der Waals surface area contributed by atoms with Crippen molar-refractivity contribution in [2.24, 2.45) is 5.92 Å². The lowest BCUT2D eigenvalue weighted by molar-refractivity contribution is 0.307. The molecule has 0 fully saturated rings. The van der Waals surface area contributed by atoms with Crippen LogP contribution in [-0.4, -0.2) is 19.7 Å². The fourth-order valence-corrected chi connectivity index (χ4v) is 1.83. The molecule has 17 heavy (non-hydrogen) atoms. The number of hydrogen-bond acceptors (Lipinski definition) is 2. The molecule has 1 N–H and O–H groups in total. The minimum atomic E-state index is 0.740. The van der Waals surface area contributed by atoms with E-state index < -0.39 is 0 Å². The van der Waals surface area contributed by atoms with Crippen LogP contribution in [-0.2, 0) is 0 Å². The SMILES string of the molecule is CCC(CC)CNCCOc1cccc(C)c1. The molecule has 2 heteroatoms. The van der Waals surface area contributed by atoms with Gasteiger partial charge in [-0.25, -0.2) is 0 Å². The molecule has 0 aromatic heterocycles. The molecule has 1 rings (SSSR count). The Balaban J connectivity index is 2.12. The Morgan fingerprint density at radius 1 is 1.24 bits per heavy atom. The van der Waals surface area contributed by atoms with Gasteiger partial charge in [0, 0.05) is 6.54 Å². The van der Waals surface area contributed by atoms with Crippen molar-refractivity contribution in [2.45, 2.75) is 33.6 Å². The van der Waals surface area contributed by atoms with Gasteiger partial charge in [0.2, 0.25) is 0 Å². The summed E-state index contributed by atoms with van der Waals surface area (Å²) in [4.78, 5) is 0. The molecule has 0 heterocycles. The molecule has 0 amide bonds. The van der Waals surface area contributed by atoms with Gasteiger partial charge in [0.05, 0.1) is 0 Å². The van der Waals surface area contributed by atoms with Crippen LogP contribution < -0.4 is 10.1 Å². The van der Waals surface area contributed by atoms with Crippen molar-refractivity contribution >= 4 is 0 Å². The quantitative estimate of drug-likeness (QED) is 0.697. The smallest absolute Gasteiger partial charge is 0.119 e. The summed E-state index contributed by atoms with van der Waals surface area (Å²) in [5, 5.41) is 3.45. The average molecular weight is 235 g/mol. The predicted molar refractivity (Wildman–Crippen MR) is 73.6 cm³/mol. The van der Waals surface area contributed by atoms with E-state index in [1.807, 2.05) is 12.1 Å². The van der Waals surface area contributed by atoms with E-state index in [1.54, 1.807) is 0 Å². The van der Waals surface area contributed by atoms with Gasteiger partial charge in [-0.1, -0.05) is 38.8 Å². The summed E-state index contributed by atoms with van der Waals surface area (Å²) >= 11 is 0. The summed E-state index contributed by atoms with van der Waals surface area (Å²) in [7, 11) is 0. The molecule has 0 unspecified atom stereocenters. The lowest BCUT2D eigenvalue weighted by Crippen LogP contribution is -2.26. The van der Waals surface area contributed by atoms with Crippen molar-refractivity contribution in [2.75, 3.05) is 19.7 Å². The van der Waals surface area contributed by atoms with Gasteiger partial charge in [0.15, 0.2) is 0 Å². The normalized spacial score (nSPS) is 10.8. The molecule has 0 aliphatic rings. The lowest BCUT2D eigenvalue weighted by atomic mass is 10.0. The number of benzene rings is 1. The van der Waals surface area contributed by atoms with E-state index in [4.69, 9.17) is 4.74 Å². The zero-order valence-corrected chi connectivity index (χ0v) is 11.3. The first-order valence-electron chi connectivity index (χ1n) is 6.66. The minimum absolute atomic E-state index is 0.740. The number of nitrogens with one attached hydrogen (secondary N) is 1. The Morgan fingerprint density at radius 2 is 2.00 bits per heavy atom. The molecular formula is C15H25NO. The van der Waals surface area contributed by atoms with Crippen LogP contribution in [0.4, 0.5) is 0 Å². The van der Waals surface area contributed by atoms with Crippen LogP contribution in [0.1, 0.15) is 32.3 Å². The van der Waals surface area contributed by atoms with Crippen molar-refractivity contribution in [1.82, 2.24) is 5.32 Å². The fraction of sp³-hybridized carbons (Fsp3) is 0.600. The third-order valence-corrected chi connectivity index (χ3v) is 3.12. The number of ether oxygens (including phenoxy) is 1. The average Bonchev–Trinajstić information content (AvgIpc) is 2.34. The standard InChI is InChI=1S/C15H25NO/c1-4-14(5-2)12-16-9-10-17-15-8-6-7-13(3)11-15/h6-8,11,14,16H,4-5,9-10,12H2,1-3H3. The Bertz CT molecular complexity index is 308. The second kappa shape index (κ2) is 8.13. The Hall–Kier alpha value is -1.02. The Labute approximate surface area is 105 Å². The van der Waals surface area contributed by atoms with Crippen molar-refractivity contribution in [1.29, 1.82) is 0 Å². The zero-order valence-electron chi connectivity index (χ0n) is 11.3. The maximum absolute atomic E-state index is 5.67. The second-order valence-electron chi connectivity index (χ2n) is 4.55. The Kier molecular flexibility index (Phi) is 6.71. The third kappa shape index (κ3) is 5.73. The van der Waals surface area contributed by atoms with Gasteiger partial charge in [0.1, 0.15) is 12.4 Å². The molecule has 1 aromatic carbocycles. The summed E-state index contributed by atoms with van der Waals surface area (Å²) < 4.78 is 5.67. The van der Waals surface area contributed by atoms with E-state index in [2.05, 4.69) is 38.2 Å². The van der Waals surface area contributed by atoms with Gasteiger partial charge in [0.25, 0.3) is 0 Å². The molecule has 0 spiro atoms. The van der Waals surface area contributed by atoms with Crippen LogP contribution in [0.5, 0.6) is 5.75 Å². The number of aryl methyl sites for hydroxylation is 1. The van der Waals surface area contributed by atoms with Crippen molar-refractivity contribution in [3.05, 3.63) is 29.8 Å². The van der Waals surface area contributed by atoms with Crippen LogP contribution in [0, 0.1) is 12.8 Å². The van der Waals surface area contributed by atoms with E-state index in [9.17, 15) is 0 Å². The van der Waals surface area contributed by atoms with Crippen LogP contribution in [0.15, 0.2) is 24.3 Å². The molecule has 0 saturated heterocycles. The van der Waals surface area contributed by atoms with Crippen molar-refractivity contribution in [3.63, 3.8) is 0 Å². The fourth-order valence-electron chi connectivity index (χ4n) is 1.83. The molecular weight excluding hydrogens is 210 g/mol. The highest BCUT2D eigenvalue weighted by atomic mass is 16.5. The minimum Gasteiger partial charge on any atom is -0.492 e. The molecule has 0 saturated carbocycles. The lowest BCUT2D eigenvalue weighted by Gasteiger charge is -2.13. The van der Waals surface area contributed by atoms with E-state index >= 15 is 0 Å². The molecule has 1 aromatic rings. The highest BCUT2D eigenvalue weighted by molar-refractivity contribution is 5.27. The summed E-state index contributed by atoms with van der Waals surface area (Å²) in [5.74, 6) is 1.77. The van der Waals surface area contributed by atoms with E-state index in [0.717, 1.165) is 31.4 Å². The summed E-state index contributed by atoms with van der Waals surface area (Å²) in [6.45, 7) is 9.34. The molecule has 0 aliphatic carbocycles. The number of rotatable bonds is 8. The molecule has 2 nitrogen and oxygen atoms in total. The van der Waals surface area contributed by atoms with E-state index in [-0.39, 0.29) is 0 Å². The van der Waals surface area contributed by atoms with Gasteiger partial charge in [-0.2, -0.15) is 0 Å². The molecule has 0 aliphatic heterocycles. The molecule has 96 valence electrons. The first-order valence-corrected chi connectivity index (χ1v) is 6.66. The van der Waals surface area contributed by atoms with Gasteiger partial charge in [-0.05, 0) is 37.1 Å². The zero-order chi connectivity index (χ0) is 12.5. The third-order valence-electron chi connectivity index (χ3n) is 3.12. The van der Waals surface area contributed by atoms with Crippen molar-refractivity contribution < 1.29 is 4.74 Å². The van der Waals surface area contributed by atoms with Gasteiger partial charge < -0.3 is 10.1 Å². The molecule has 0 bridgehead atoms. The highest BCUT2D eigenvalue weighted by Gasteiger charge is 2.01. The van der Waals surface area contributed by atoms with Gasteiger partial charge in [-0.15, -0.1) is 0 Å². The van der Waals surface area contributed by atoms with E-state index in [0.29, 0.717) is 0 Å². The van der Waals surface area contributed by atoms with E-state index in [1.165, 1.54) is 18.4 Å². The van der Waals surface area contributed by atoms with Gasteiger partial charge >= 0.3 is 0 Å². The van der Waals surface area contributed by atoms with Crippen LogP contribution in [0.2, 0.25) is 0 Å². The summed E-state index contributed by atoms with van der Waals surface area (Å²) in [6.07, 6.45) is 2.50. The molecule has 0 atom stereocenters. The monoisotopic (exact) mass is 235 g/mol. The Morgan fingerprint density at radius 3 is 2.65 bits per heavy atom. The van der Waals surface area contributed by atoms with Gasteiger partial charge in [-0.3, -0.25) is 0 Å². The molecule has 0 radical (unpaired) electrons. The maximum Gasteiger partial charge on any atom is 0.119 e. The van der Waals surface area contributed by atoms with Crippen LogP contribution in [0.3, 0.4) is 0 Å². The largest absolute Gasteiger partial charge is 0.492 e. The number of hydrogen-bond donors (Lipinski definition) is 1. The van der Waals surface area contributed by atoms with Crippen LogP contribution >= 0.6 is 0 Å². The van der Waals surface area contributed by atoms with Crippen molar-refractivity contribution in [3.8, 4) is 5.75 Å². The van der Waals surface area contributed by atoms with Crippen LogP contribution in [0.25, 0.3) is 0 Å². The summed E-state index contributed by atoms with van der Waals surface area (Å²) in [6, 6.07) is 8.19. The topological polar surface area (TPSA) is 21.3 Å². The predicted octanol–water partition coefficient (Wildman–Crippen LogP) is 3.40. The summed E-state index contributed by atoms with van der Waals surface area (Å²) in [5.41, 5.74) is 1.24. The maximum atomic E-state index is 5.67. The second-order valence-corrected chi connectivity index (χ2v) is 4.55. The first-order chi connectivity index (χ1) is 8.26.